The summed E-state index contributed by atoms with van der Waals surface area (Å²) in [5, 5.41) is 0. The Morgan fingerprint density at radius 2 is 0.267 bits per heavy atom. The van der Waals surface area contributed by atoms with Gasteiger partial charge in [0, 0.05) is 38.5 Å². The molecule has 0 heterocycles. The lowest BCUT2D eigenvalue weighted by Gasteiger charge is -2.30. The molecule has 0 aliphatic heterocycles. The van der Waals surface area contributed by atoms with Crippen LogP contribution in [0.5, 0.6) is 34.5 Å². The number of hydrogen-bond acceptors (Lipinski definition) is 24. The van der Waals surface area contributed by atoms with E-state index in [9.17, 15) is 0 Å². The second-order valence-electron chi connectivity index (χ2n) is 35.5. The molecule has 30 heteroatoms. The van der Waals surface area contributed by atoms with Crippen molar-refractivity contribution in [3.05, 3.63) is 173 Å². The van der Waals surface area contributed by atoms with E-state index in [1.54, 1.807) is 83.1 Å². The summed E-state index contributed by atoms with van der Waals surface area (Å²) in [6.07, 6.45) is -0.743. The number of rotatable bonds is 36. The van der Waals surface area contributed by atoms with Crippen LogP contribution in [0.2, 0.25) is 0 Å². The topological polar surface area (TPSA) is 269 Å². The summed E-state index contributed by atoms with van der Waals surface area (Å²) in [7, 11) is -27.7. The maximum Gasteiger partial charge on any atom is 0.530 e. The van der Waals surface area contributed by atoms with E-state index < -0.39 is 79.4 Å². The molecule has 0 radical (unpaired) electrons. The molecule has 0 spiro atoms. The number of benzene rings is 6. The second kappa shape index (κ2) is 41.6. The average Bonchev–Trinajstić information content (AvgIpc) is 0.757. The van der Waals surface area contributed by atoms with Gasteiger partial charge < -0.3 is 27.1 Å². The van der Waals surface area contributed by atoms with Crippen LogP contribution in [0, 0.1) is 0 Å². The van der Waals surface area contributed by atoms with E-state index in [1.165, 1.54) is 0 Å². The Balaban J connectivity index is 1.97. The molecule has 0 atom stereocenters. The summed E-state index contributed by atoms with van der Waals surface area (Å²) in [5.41, 5.74) is 6.00. The second-order valence-corrected chi connectivity index (χ2v) is 45.1. The molecule has 7 rings (SSSR count). The summed E-state index contributed by atoms with van der Waals surface area (Å²) in [4.78, 5) is 0. The third-order valence-corrected chi connectivity index (χ3v) is 28.9. The first-order valence-corrected chi connectivity index (χ1v) is 51.0. The zero-order chi connectivity index (χ0) is 89.8. The van der Waals surface area contributed by atoms with Crippen LogP contribution in [0.3, 0.4) is 0 Å². The predicted molar refractivity (Wildman–Crippen MR) is 477 cm³/mol. The van der Waals surface area contributed by atoms with Crippen LogP contribution < -0.4 is 27.1 Å². The Morgan fingerprint density at radius 3 is 0.333 bits per heavy atom. The van der Waals surface area contributed by atoms with Crippen molar-refractivity contribution in [1.29, 1.82) is 0 Å². The third kappa shape index (κ3) is 27.0. The highest BCUT2D eigenvalue weighted by molar-refractivity contribution is 7.50. The highest BCUT2D eigenvalue weighted by Crippen LogP contribution is 2.61. The first-order valence-electron chi connectivity index (χ1n) is 42.2. The van der Waals surface area contributed by atoms with Crippen LogP contribution in [-0.4, -0.2) is 79.3 Å². The summed E-state index contributed by atoms with van der Waals surface area (Å²) < 4.78 is 210. The van der Waals surface area contributed by atoms with Crippen LogP contribution in [-0.2, 0) is 153 Å². The van der Waals surface area contributed by atoms with Crippen molar-refractivity contribution in [2.24, 2.45) is 0 Å². The summed E-state index contributed by atoms with van der Waals surface area (Å²) in [6, 6.07) is 23.7. The highest BCUT2D eigenvalue weighted by Gasteiger charge is 2.42. The largest absolute Gasteiger partial charge is 0.530 e. The van der Waals surface area contributed by atoms with Crippen LogP contribution in [0.25, 0.3) is 0 Å². The van der Waals surface area contributed by atoms with Gasteiger partial charge >= 0.3 is 46.9 Å². The van der Waals surface area contributed by atoms with Gasteiger partial charge in [-0.25, -0.2) is 27.4 Å². The first kappa shape index (κ1) is 102. The normalized spacial score (nSPS) is 14.1. The summed E-state index contributed by atoms with van der Waals surface area (Å²) >= 11 is 0. The zero-order valence-electron chi connectivity index (χ0n) is 77.1. The Hall–Kier alpha value is -4.98. The summed E-state index contributed by atoms with van der Waals surface area (Å²) in [5.74, 6) is 0.429. The van der Waals surface area contributed by atoms with Gasteiger partial charge in [-0.05, 0) is 216 Å². The average molecular weight is 1790 g/mol. The standard InChI is InChI=1S/C90H138O24P6/c1-31-97-115(91,98-32-2)109-79-61-43-63-51-74(86(16,17)18)53-65(80(63)110-116(92,99-33-3)100-34-4)45-67-55-76(88(22,23)24)57-69(82(67)112-118(94,103-37-7)104-38-8)47-71-59-78(90(28,29)30)60-72(84(71)114-120(96,107-41-11)108-42-12)48-70-58-77(89(25,26)27)56-68(83(70)113-119(95,105-39-9)106-40-10)46-66-54-75(87(19,20)21)52-64(44-62(79)50-73(49-61)85(13,14)15)81(66)111-117(93,101-35-5)102-36-6/h49-60H,31-48H2,1-30H3. The molecular weight excluding hydrogens is 1650 g/mol. The van der Waals surface area contributed by atoms with E-state index in [0.717, 1.165) is 33.4 Å². The first-order chi connectivity index (χ1) is 55.7. The molecule has 1 aliphatic rings. The van der Waals surface area contributed by atoms with Crippen molar-refractivity contribution < 1.29 is 109 Å². The zero-order valence-corrected chi connectivity index (χ0v) is 82.5. The Labute approximate surface area is 717 Å². The molecule has 672 valence electrons. The molecule has 0 amide bonds. The summed E-state index contributed by atoms with van der Waals surface area (Å²) in [6.45, 7) is 56.4. The molecule has 12 bridgehead atoms. The van der Waals surface area contributed by atoms with E-state index in [1.807, 2.05) is 72.8 Å². The molecule has 0 fully saturated rings. The molecule has 24 nitrogen and oxygen atoms in total. The SMILES string of the molecule is CCOP(=O)(OCC)Oc1c2cc(C(C)(C)C)cc1Cc1cc(C(C)(C)C)cc(c1OP(=O)(OCC)OCC)Cc1cc(C(C)(C)C)cc(c1OP(=O)(OCC)OCC)Cc1cc(C(C)(C)C)cc(c1OP(=O)(OCC)OCC)Cc1cc(C(C)(C)C)cc(c1OP(=O)(OCC)OCC)Cc1cc(C(C)(C)C)cc(c1OP(=O)(OCC)OCC)C2. The minimum absolute atomic E-state index is 0.0715. The maximum absolute atomic E-state index is 15.8. The fourth-order valence-electron chi connectivity index (χ4n) is 13.7. The van der Waals surface area contributed by atoms with Crippen molar-refractivity contribution >= 4 is 46.9 Å². The molecule has 0 unspecified atom stereocenters. The lowest BCUT2D eigenvalue weighted by atomic mass is 9.79. The van der Waals surface area contributed by atoms with Crippen molar-refractivity contribution in [2.75, 3.05) is 79.3 Å². The van der Waals surface area contributed by atoms with Gasteiger partial charge in [0.25, 0.3) is 0 Å². The smallest absolute Gasteiger partial charge is 0.403 e. The minimum Gasteiger partial charge on any atom is -0.403 e. The van der Waals surface area contributed by atoms with Gasteiger partial charge in [0.1, 0.15) is 34.5 Å². The quantitative estimate of drug-likeness (QED) is 0.0330. The fraction of sp³-hybridized carbons (Fsp3) is 0.600. The molecule has 0 saturated carbocycles. The van der Waals surface area contributed by atoms with Crippen molar-refractivity contribution in [1.82, 2.24) is 0 Å². The molecule has 6 aromatic carbocycles. The lowest BCUT2D eigenvalue weighted by molar-refractivity contribution is 0.165. The number of phosphoric ester groups is 6. The van der Waals surface area contributed by atoms with E-state index in [2.05, 4.69) is 125 Å². The monoisotopic (exact) mass is 1790 g/mol. The Morgan fingerprint density at radius 1 is 0.183 bits per heavy atom. The van der Waals surface area contributed by atoms with Crippen molar-refractivity contribution in [2.45, 2.75) is 279 Å². The molecule has 6 aromatic rings. The molecular formula is C90H138O24P6. The molecule has 1 aliphatic carbocycles. The van der Waals surface area contributed by atoms with Crippen LogP contribution in [0.1, 0.15) is 308 Å². The Kier molecular flexibility index (Phi) is 35.4. The van der Waals surface area contributed by atoms with Crippen molar-refractivity contribution in [3.8, 4) is 34.5 Å². The molecule has 0 aromatic heterocycles. The van der Waals surface area contributed by atoms with Gasteiger partial charge in [0.05, 0.1) is 79.3 Å². The molecule has 0 N–H and O–H groups in total. The minimum atomic E-state index is -4.62. The number of hydrogen-bond donors (Lipinski definition) is 0. The van der Waals surface area contributed by atoms with Gasteiger partial charge in [-0.2, -0.15) is 0 Å². The Bertz CT molecular complexity index is 3850. The predicted octanol–water partition coefficient (Wildman–Crippen LogP) is 26.7. The number of phosphoric acid groups is 6. The fourth-order valence-corrected chi connectivity index (χ4v) is 21.4. The molecule has 0 saturated heterocycles. The van der Waals surface area contributed by atoms with E-state index in [4.69, 9.17) is 81.4 Å². The van der Waals surface area contributed by atoms with Crippen LogP contribution in [0.4, 0.5) is 0 Å². The van der Waals surface area contributed by atoms with Crippen LogP contribution >= 0.6 is 46.9 Å². The van der Waals surface area contributed by atoms with Gasteiger partial charge in [-0.3, -0.25) is 54.3 Å². The molecule has 120 heavy (non-hydrogen) atoms. The number of fused-ring (bicyclic) bond motifs is 12. The van der Waals surface area contributed by atoms with E-state index in [0.29, 0.717) is 66.8 Å². The maximum atomic E-state index is 15.8. The van der Waals surface area contributed by atoms with Gasteiger partial charge in [0.15, 0.2) is 0 Å². The van der Waals surface area contributed by atoms with Crippen LogP contribution in [0.15, 0.2) is 72.8 Å². The van der Waals surface area contributed by atoms with Crippen molar-refractivity contribution in [3.63, 3.8) is 0 Å². The van der Waals surface area contributed by atoms with E-state index >= 15 is 27.4 Å². The third-order valence-electron chi connectivity index (χ3n) is 19.6. The lowest BCUT2D eigenvalue weighted by Crippen LogP contribution is -2.18. The van der Waals surface area contributed by atoms with E-state index in [-0.39, 0.29) is 152 Å². The van der Waals surface area contributed by atoms with Gasteiger partial charge in [-0.15, -0.1) is 0 Å². The van der Waals surface area contributed by atoms with Gasteiger partial charge in [-0.1, -0.05) is 197 Å². The highest BCUT2D eigenvalue weighted by atomic mass is 31.2. The van der Waals surface area contributed by atoms with Gasteiger partial charge in [0.2, 0.25) is 0 Å².